The normalized spacial score (nSPS) is 19.7. The van der Waals surface area contributed by atoms with Crippen LogP contribution in [-0.4, -0.2) is 48.5 Å². The van der Waals surface area contributed by atoms with Gasteiger partial charge in [-0.05, 0) is 49.8 Å². The summed E-state index contributed by atoms with van der Waals surface area (Å²) >= 11 is 0. The van der Waals surface area contributed by atoms with Crippen molar-refractivity contribution in [3.63, 3.8) is 0 Å². The molecule has 1 aromatic heterocycles. The smallest absolute Gasteiger partial charge is 0.226 e. The lowest BCUT2D eigenvalue weighted by Gasteiger charge is -2.38. The van der Waals surface area contributed by atoms with E-state index in [2.05, 4.69) is 9.88 Å². The van der Waals surface area contributed by atoms with E-state index < -0.39 is 0 Å². The molecule has 0 unspecified atom stereocenters. The number of nitrogens with zero attached hydrogens (tertiary/aromatic N) is 4. The van der Waals surface area contributed by atoms with Gasteiger partial charge in [0.1, 0.15) is 5.75 Å². The SMILES string of the molecule is COc1ccc(-c2cnc(N(C)C)nc2[C@@H]2CCCCN2C(=O)C2CCCC2)cc1. The minimum Gasteiger partial charge on any atom is -0.497 e. The fourth-order valence-corrected chi connectivity index (χ4v) is 4.73. The topological polar surface area (TPSA) is 58.6 Å². The van der Waals surface area contributed by atoms with Crippen molar-refractivity contribution < 1.29 is 9.53 Å². The summed E-state index contributed by atoms with van der Waals surface area (Å²) in [7, 11) is 5.58. The van der Waals surface area contributed by atoms with E-state index in [0.29, 0.717) is 11.9 Å². The third-order valence-corrected chi connectivity index (χ3v) is 6.41. The highest BCUT2D eigenvalue weighted by Crippen LogP contribution is 2.39. The molecule has 1 aliphatic carbocycles. The average molecular weight is 409 g/mol. The highest BCUT2D eigenvalue weighted by atomic mass is 16.5. The highest BCUT2D eigenvalue weighted by Gasteiger charge is 2.35. The number of carbonyl (C=O) groups is 1. The van der Waals surface area contributed by atoms with Gasteiger partial charge in [-0.2, -0.15) is 0 Å². The third-order valence-electron chi connectivity index (χ3n) is 6.41. The minimum atomic E-state index is 0.00523. The lowest BCUT2D eigenvalue weighted by Crippen LogP contribution is -2.42. The van der Waals surface area contributed by atoms with Crippen molar-refractivity contribution in [2.24, 2.45) is 5.92 Å². The van der Waals surface area contributed by atoms with Gasteiger partial charge in [-0.15, -0.1) is 0 Å². The number of amides is 1. The molecule has 1 saturated carbocycles. The third kappa shape index (κ3) is 4.13. The van der Waals surface area contributed by atoms with E-state index in [-0.39, 0.29) is 12.0 Å². The van der Waals surface area contributed by atoms with Crippen LogP contribution in [0.2, 0.25) is 0 Å². The number of hydrogen-bond donors (Lipinski definition) is 0. The summed E-state index contributed by atoms with van der Waals surface area (Å²) in [5.41, 5.74) is 3.01. The van der Waals surface area contributed by atoms with Gasteiger partial charge in [0, 0.05) is 38.3 Å². The Bertz CT molecular complexity index is 875. The number of piperidine rings is 1. The predicted molar refractivity (Wildman–Crippen MR) is 119 cm³/mol. The first kappa shape index (κ1) is 20.6. The second-order valence-electron chi connectivity index (χ2n) is 8.62. The number of ether oxygens (including phenoxy) is 1. The summed E-state index contributed by atoms with van der Waals surface area (Å²) in [6, 6.07) is 8.01. The monoisotopic (exact) mass is 408 g/mol. The molecule has 0 radical (unpaired) electrons. The standard InChI is InChI=1S/C24H32N4O2/c1-27(2)24-25-16-20(17-11-13-19(30-3)14-12-17)22(26-24)21-10-6-7-15-28(21)23(29)18-8-4-5-9-18/h11-14,16,18,21H,4-10,15H2,1-3H3/t21-/m0/s1. The first-order valence-electron chi connectivity index (χ1n) is 11.1. The molecule has 2 heterocycles. The molecule has 2 fully saturated rings. The van der Waals surface area contributed by atoms with E-state index in [0.717, 1.165) is 61.2 Å². The zero-order valence-electron chi connectivity index (χ0n) is 18.3. The van der Waals surface area contributed by atoms with Crippen LogP contribution in [-0.2, 0) is 4.79 Å². The first-order valence-corrected chi connectivity index (χ1v) is 11.1. The van der Waals surface area contributed by atoms with E-state index in [1.807, 2.05) is 49.5 Å². The first-order chi connectivity index (χ1) is 14.6. The fourth-order valence-electron chi connectivity index (χ4n) is 4.73. The van der Waals surface area contributed by atoms with Crippen LogP contribution < -0.4 is 9.64 Å². The molecule has 2 aliphatic rings. The molecule has 6 nitrogen and oxygen atoms in total. The van der Waals surface area contributed by atoms with Gasteiger partial charge >= 0.3 is 0 Å². The summed E-state index contributed by atoms with van der Waals surface area (Å²) in [5, 5.41) is 0. The summed E-state index contributed by atoms with van der Waals surface area (Å²) < 4.78 is 5.32. The number of aromatic nitrogens is 2. The maximum Gasteiger partial charge on any atom is 0.226 e. The number of benzene rings is 1. The van der Waals surface area contributed by atoms with Gasteiger partial charge < -0.3 is 14.5 Å². The Morgan fingerprint density at radius 2 is 1.77 bits per heavy atom. The largest absolute Gasteiger partial charge is 0.497 e. The van der Waals surface area contributed by atoms with Crippen molar-refractivity contribution in [2.45, 2.75) is 51.0 Å². The van der Waals surface area contributed by atoms with E-state index in [1.165, 1.54) is 12.8 Å². The van der Waals surface area contributed by atoms with Crippen molar-refractivity contribution in [2.75, 3.05) is 32.6 Å². The van der Waals surface area contributed by atoms with Crippen LogP contribution >= 0.6 is 0 Å². The molecule has 1 saturated heterocycles. The van der Waals surface area contributed by atoms with Crippen molar-refractivity contribution in [3.05, 3.63) is 36.2 Å². The zero-order chi connectivity index (χ0) is 21.1. The quantitative estimate of drug-likeness (QED) is 0.731. The molecule has 0 spiro atoms. The van der Waals surface area contributed by atoms with E-state index >= 15 is 0 Å². The summed E-state index contributed by atoms with van der Waals surface area (Å²) in [5.74, 6) is 2.01. The Morgan fingerprint density at radius 1 is 1.07 bits per heavy atom. The van der Waals surface area contributed by atoms with Gasteiger partial charge in [0.25, 0.3) is 0 Å². The van der Waals surface area contributed by atoms with Crippen molar-refractivity contribution in [1.29, 1.82) is 0 Å². The Hall–Kier alpha value is -2.63. The average Bonchev–Trinajstić information content (AvgIpc) is 3.33. The lowest BCUT2D eigenvalue weighted by atomic mass is 9.92. The van der Waals surface area contributed by atoms with Gasteiger partial charge in [-0.3, -0.25) is 4.79 Å². The summed E-state index contributed by atoms with van der Waals surface area (Å²) in [6.07, 6.45) is 9.44. The molecule has 6 heteroatoms. The number of rotatable bonds is 5. The van der Waals surface area contributed by atoms with E-state index in [4.69, 9.17) is 9.72 Å². The number of carbonyl (C=O) groups excluding carboxylic acids is 1. The molecule has 4 rings (SSSR count). The fraction of sp³-hybridized carbons (Fsp3) is 0.542. The van der Waals surface area contributed by atoms with Gasteiger partial charge in [-0.1, -0.05) is 25.0 Å². The molecule has 30 heavy (non-hydrogen) atoms. The van der Waals surface area contributed by atoms with Crippen LogP contribution in [0.4, 0.5) is 5.95 Å². The predicted octanol–water partition coefficient (Wildman–Crippen LogP) is 4.46. The molecular weight excluding hydrogens is 376 g/mol. The van der Waals surface area contributed by atoms with E-state index in [9.17, 15) is 4.79 Å². The van der Waals surface area contributed by atoms with Gasteiger partial charge in [-0.25, -0.2) is 9.97 Å². The maximum absolute atomic E-state index is 13.4. The second-order valence-corrected chi connectivity index (χ2v) is 8.62. The molecule has 1 amide bonds. The van der Waals surface area contributed by atoms with Crippen LogP contribution in [0.3, 0.4) is 0 Å². The number of methoxy groups -OCH3 is 1. The maximum atomic E-state index is 13.4. The van der Waals surface area contributed by atoms with Crippen LogP contribution in [0, 0.1) is 5.92 Å². The lowest BCUT2D eigenvalue weighted by molar-refractivity contribution is -0.139. The molecule has 160 valence electrons. The number of anilines is 1. The number of likely N-dealkylation sites (tertiary alicyclic amines) is 1. The molecular formula is C24H32N4O2. The van der Waals surface area contributed by atoms with Crippen molar-refractivity contribution in [3.8, 4) is 16.9 Å². The van der Waals surface area contributed by atoms with Gasteiger partial charge in [0.2, 0.25) is 11.9 Å². The van der Waals surface area contributed by atoms with Crippen LogP contribution in [0.1, 0.15) is 56.7 Å². The van der Waals surface area contributed by atoms with Crippen LogP contribution in [0.5, 0.6) is 5.75 Å². The van der Waals surface area contributed by atoms with Crippen LogP contribution in [0.15, 0.2) is 30.5 Å². The summed E-state index contributed by atoms with van der Waals surface area (Å²) in [4.78, 5) is 27.0. The summed E-state index contributed by atoms with van der Waals surface area (Å²) in [6.45, 7) is 0.823. The molecule has 0 N–H and O–H groups in total. The van der Waals surface area contributed by atoms with Crippen molar-refractivity contribution >= 4 is 11.9 Å². The van der Waals surface area contributed by atoms with E-state index in [1.54, 1.807) is 7.11 Å². The number of hydrogen-bond acceptors (Lipinski definition) is 5. The minimum absolute atomic E-state index is 0.00523. The Balaban J connectivity index is 1.75. The van der Waals surface area contributed by atoms with Gasteiger partial charge in [0.05, 0.1) is 18.8 Å². The van der Waals surface area contributed by atoms with Crippen molar-refractivity contribution in [1.82, 2.24) is 14.9 Å². The molecule has 1 aromatic carbocycles. The molecule has 1 atom stereocenters. The van der Waals surface area contributed by atoms with Gasteiger partial charge in [0.15, 0.2) is 0 Å². The molecule has 2 aromatic rings. The molecule has 1 aliphatic heterocycles. The highest BCUT2D eigenvalue weighted by molar-refractivity contribution is 5.80. The molecule has 0 bridgehead atoms. The van der Waals surface area contributed by atoms with Crippen LogP contribution in [0.25, 0.3) is 11.1 Å². The Morgan fingerprint density at radius 3 is 2.43 bits per heavy atom. The second kappa shape index (κ2) is 9.02. The zero-order valence-corrected chi connectivity index (χ0v) is 18.3. The Kier molecular flexibility index (Phi) is 6.21. The Labute approximate surface area is 179 Å².